The van der Waals surface area contributed by atoms with E-state index in [1.165, 1.54) is 30.1 Å². The SMILES string of the molecule is COc1ccc2ncc(Cl)c(C(N)CCC3CCN(CCSc4cc(F)ccn4)CC3CC(=O)O)c2c1. The van der Waals surface area contributed by atoms with E-state index in [0.717, 1.165) is 54.7 Å². The van der Waals surface area contributed by atoms with Crippen LogP contribution in [-0.4, -0.2) is 58.4 Å². The first kappa shape index (κ1) is 27.6. The van der Waals surface area contributed by atoms with Gasteiger partial charge in [-0.15, -0.1) is 11.8 Å². The van der Waals surface area contributed by atoms with Crippen LogP contribution in [-0.2, 0) is 4.79 Å². The molecule has 198 valence electrons. The number of aliphatic carboxylic acids is 1. The maximum absolute atomic E-state index is 13.4. The molecule has 0 amide bonds. The number of thioether (sulfide) groups is 1. The summed E-state index contributed by atoms with van der Waals surface area (Å²) in [6.07, 6.45) is 5.65. The van der Waals surface area contributed by atoms with Crippen LogP contribution in [0.25, 0.3) is 10.9 Å². The van der Waals surface area contributed by atoms with Crippen LogP contribution in [0.3, 0.4) is 0 Å². The van der Waals surface area contributed by atoms with Crippen LogP contribution in [0.2, 0.25) is 5.02 Å². The fraction of sp³-hybridized carbons (Fsp3) is 0.444. The molecule has 0 aliphatic carbocycles. The molecule has 3 aromatic rings. The maximum Gasteiger partial charge on any atom is 0.303 e. The quantitative estimate of drug-likeness (QED) is 0.308. The minimum Gasteiger partial charge on any atom is -0.497 e. The third-order valence-corrected chi connectivity index (χ3v) is 8.26. The predicted octanol–water partition coefficient (Wildman–Crippen LogP) is 5.42. The predicted molar refractivity (Wildman–Crippen MR) is 145 cm³/mol. The zero-order chi connectivity index (χ0) is 26.4. The number of carboxylic acids is 1. The lowest BCUT2D eigenvalue weighted by Crippen LogP contribution is -2.42. The number of aromatic nitrogens is 2. The van der Waals surface area contributed by atoms with Crippen LogP contribution in [0.4, 0.5) is 4.39 Å². The molecule has 0 radical (unpaired) electrons. The minimum absolute atomic E-state index is 0.0421. The standard InChI is InChI=1S/C27H32ClFN4O3S/c1-36-20-3-5-24-21(14-20)27(22(28)15-32-24)23(30)4-2-17-7-9-33(16-18(17)12-26(34)35)10-11-37-25-13-19(29)6-8-31-25/h3,5-6,8,13-15,17-18,23H,2,4,7,9-12,16,30H2,1H3,(H,34,35). The van der Waals surface area contributed by atoms with Crippen molar-refractivity contribution in [2.45, 2.75) is 36.8 Å². The highest BCUT2D eigenvalue weighted by Crippen LogP contribution is 2.36. The van der Waals surface area contributed by atoms with E-state index >= 15 is 0 Å². The van der Waals surface area contributed by atoms with Crippen molar-refractivity contribution in [3.63, 3.8) is 0 Å². The van der Waals surface area contributed by atoms with Crippen LogP contribution >= 0.6 is 23.4 Å². The summed E-state index contributed by atoms with van der Waals surface area (Å²) >= 11 is 8.05. The topological polar surface area (TPSA) is 102 Å². The van der Waals surface area contributed by atoms with Gasteiger partial charge in [0, 0.05) is 55.2 Å². The number of hydrogen-bond donors (Lipinski definition) is 2. The summed E-state index contributed by atoms with van der Waals surface area (Å²) in [7, 11) is 1.62. The average Bonchev–Trinajstić information content (AvgIpc) is 2.87. The summed E-state index contributed by atoms with van der Waals surface area (Å²) in [4.78, 5) is 22.5. The number of rotatable bonds is 11. The van der Waals surface area contributed by atoms with Crippen molar-refractivity contribution >= 4 is 40.2 Å². The first-order valence-corrected chi connectivity index (χ1v) is 13.8. The monoisotopic (exact) mass is 546 g/mol. The smallest absolute Gasteiger partial charge is 0.303 e. The summed E-state index contributed by atoms with van der Waals surface area (Å²) in [6, 6.07) is 8.12. The molecule has 3 heterocycles. The van der Waals surface area contributed by atoms with Crippen LogP contribution in [0, 0.1) is 17.7 Å². The number of hydrogen-bond acceptors (Lipinski definition) is 7. The lowest BCUT2D eigenvalue weighted by atomic mass is 9.79. The van der Waals surface area contributed by atoms with Gasteiger partial charge in [0.2, 0.25) is 0 Å². The molecular formula is C27H32ClFN4O3S. The summed E-state index contributed by atoms with van der Waals surface area (Å²) in [5.41, 5.74) is 8.31. The lowest BCUT2D eigenvalue weighted by Gasteiger charge is -2.38. The lowest BCUT2D eigenvalue weighted by molar-refractivity contribution is -0.139. The third kappa shape index (κ3) is 7.31. The number of benzene rings is 1. The van der Waals surface area contributed by atoms with Crippen molar-refractivity contribution in [1.29, 1.82) is 0 Å². The van der Waals surface area contributed by atoms with E-state index in [1.807, 2.05) is 18.2 Å². The molecule has 4 rings (SSSR count). The molecule has 1 aromatic carbocycles. The van der Waals surface area contributed by atoms with E-state index in [0.29, 0.717) is 22.2 Å². The molecule has 0 saturated carbocycles. The Hall–Kier alpha value is -2.46. The van der Waals surface area contributed by atoms with E-state index in [9.17, 15) is 14.3 Å². The third-order valence-electron chi connectivity index (χ3n) is 7.05. The Kier molecular flexibility index (Phi) is 9.59. The van der Waals surface area contributed by atoms with Crippen molar-refractivity contribution < 1.29 is 19.0 Å². The number of piperidine rings is 1. The number of nitrogens with zero attached hydrogens (tertiary/aromatic N) is 3. The Balaban J connectivity index is 1.37. The molecule has 1 fully saturated rings. The van der Waals surface area contributed by atoms with Gasteiger partial charge in [0.15, 0.2) is 0 Å². The zero-order valence-corrected chi connectivity index (χ0v) is 22.3. The summed E-state index contributed by atoms with van der Waals surface area (Å²) in [5, 5.41) is 11.6. The largest absolute Gasteiger partial charge is 0.497 e. The summed E-state index contributed by atoms with van der Waals surface area (Å²) < 4.78 is 18.8. The van der Waals surface area contributed by atoms with Crippen molar-refractivity contribution in [2.24, 2.45) is 17.6 Å². The normalized spacial score (nSPS) is 19.1. The Labute approximate surface area is 225 Å². The van der Waals surface area contributed by atoms with Gasteiger partial charge in [0.1, 0.15) is 11.6 Å². The number of methoxy groups -OCH3 is 1. The zero-order valence-electron chi connectivity index (χ0n) is 20.8. The maximum atomic E-state index is 13.4. The van der Waals surface area contributed by atoms with Crippen LogP contribution in [0.5, 0.6) is 5.75 Å². The highest BCUT2D eigenvalue weighted by Gasteiger charge is 2.31. The Bertz CT molecular complexity index is 1230. The van der Waals surface area contributed by atoms with E-state index < -0.39 is 5.97 Å². The molecule has 3 N–H and O–H groups in total. The Morgan fingerprint density at radius 2 is 2.16 bits per heavy atom. The van der Waals surface area contributed by atoms with Crippen molar-refractivity contribution in [1.82, 2.24) is 14.9 Å². The number of carboxylic acid groups (broad SMARTS) is 1. The van der Waals surface area contributed by atoms with Gasteiger partial charge in [0.25, 0.3) is 0 Å². The summed E-state index contributed by atoms with van der Waals surface area (Å²) in [6.45, 7) is 2.41. The number of fused-ring (bicyclic) bond motifs is 1. The van der Waals surface area contributed by atoms with Crippen molar-refractivity contribution in [2.75, 3.05) is 32.5 Å². The number of ether oxygens (including phenoxy) is 1. The Morgan fingerprint density at radius 3 is 2.92 bits per heavy atom. The number of carbonyl (C=O) groups is 1. The molecule has 1 aliphatic heterocycles. The number of nitrogens with two attached hydrogens (primary N) is 1. The van der Waals surface area contributed by atoms with Gasteiger partial charge in [-0.3, -0.25) is 9.78 Å². The average molecular weight is 547 g/mol. The van der Waals surface area contributed by atoms with Gasteiger partial charge in [-0.25, -0.2) is 9.37 Å². The van der Waals surface area contributed by atoms with Gasteiger partial charge in [-0.1, -0.05) is 11.6 Å². The summed E-state index contributed by atoms with van der Waals surface area (Å²) in [5.74, 6) is 0.708. The molecular weight excluding hydrogens is 515 g/mol. The van der Waals surface area contributed by atoms with E-state index in [-0.39, 0.29) is 30.1 Å². The molecule has 3 atom stereocenters. The second-order valence-corrected chi connectivity index (χ2v) is 11.0. The second-order valence-electron chi connectivity index (χ2n) is 9.45. The van der Waals surface area contributed by atoms with Gasteiger partial charge >= 0.3 is 5.97 Å². The molecule has 2 aromatic heterocycles. The minimum atomic E-state index is -0.783. The van der Waals surface area contributed by atoms with Crippen LogP contribution < -0.4 is 10.5 Å². The molecule has 1 aliphatic rings. The molecule has 7 nitrogen and oxygen atoms in total. The van der Waals surface area contributed by atoms with Crippen LogP contribution in [0.1, 0.15) is 37.3 Å². The van der Waals surface area contributed by atoms with Gasteiger partial charge < -0.3 is 20.5 Å². The van der Waals surface area contributed by atoms with Crippen molar-refractivity contribution in [3.05, 3.63) is 59.1 Å². The fourth-order valence-corrected chi connectivity index (χ4v) is 6.33. The molecule has 37 heavy (non-hydrogen) atoms. The fourth-order valence-electron chi connectivity index (χ4n) is 5.15. The molecule has 10 heteroatoms. The first-order chi connectivity index (χ1) is 17.8. The Morgan fingerprint density at radius 1 is 1.32 bits per heavy atom. The molecule has 3 unspecified atom stereocenters. The number of likely N-dealkylation sites (tertiary alicyclic amines) is 1. The highest BCUT2D eigenvalue weighted by molar-refractivity contribution is 7.99. The second kappa shape index (κ2) is 12.9. The van der Waals surface area contributed by atoms with Gasteiger partial charge in [-0.05, 0) is 67.5 Å². The highest BCUT2D eigenvalue weighted by atomic mass is 35.5. The van der Waals surface area contributed by atoms with Gasteiger partial charge in [-0.2, -0.15) is 0 Å². The van der Waals surface area contributed by atoms with Crippen molar-refractivity contribution in [3.8, 4) is 5.75 Å². The number of pyridine rings is 2. The number of halogens is 2. The van der Waals surface area contributed by atoms with E-state index in [4.69, 9.17) is 22.1 Å². The molecule has 1 saturated heterocycles. The molecule has 0 spiro atoms. The van der Waals surface area contributed by atoms with Gasteiger partial charge in [0.05, 0.1) is 22.7 Å². The van der Waals surface area contributed by atoms with E-state index in [2.05, 4.69) is 14.9 Å². The molecule has 0 bridgehead atoms. The van der Waals surface area contributed by atoms with Crippen LogP contribution in [0.15, 0.2) is 47.8 Å². The first-order valence-electron chi connectivity index (χ1n) is 12.4. The van der Waals surface area contributed by atoms with E-state index in [1.54, 1.807) is 13.3 Å².